The van der Waals surface area contributed by atoms with Crippen LogP contribution < -0.4 is 0 Å². The molecule has 0 saturated heterocycles. The van der Waals surface area contributed by atoms with Crippen molar-refractivity contribution in [3.8, 4) is 0 Å². The van der Waals surface area contributed by atoms with Crippen LogP contribution in [0, 0.1) is 0 Å². The Labute approximate surface area is 106 Å². The van der Waals surface area contributed by atoms with Gasteiger partial charge in [-0.05, 0) is 17.2 Å². The highest BCUT2D eigenvalue weighted by atomic mass is 17.2. The molecule has 0 amide bonds. The zero-order chi connectivity index (χ0) is 12.4. The van der Waals surface area contributed by atoms with Gasteiger partial charge in [-0.3, -0.25) is 0 Å². The Bertz CT molecular complexity index is 514. The maximum Gasteiger partial charge on any atom is 0.218 e. The Kier molecular flexibility index (Phi) is 3.11. The Balaban J connectivity index is 2.12. The summed E-state index contributed by atoms with van der Waals surface area (Å²) in [5, 5.41) is 0. The van der Waals surface area contributed by atoms with Crippen molar-refractivity contribution in [1.29, 1.82) is 0 Å². The number of benzene rings is 1. The van der Waals surface area contributed by atoms with E-state index in [0.29, 0.717) is 0 Å². The van der Waals surface area contributed by atoms with Crippen LogP contribution in [-0.2, 0) is 14.5 Å². The van der Waals surface area contributed by atoms with Gasteiger partial charge in [-0.2, -0.15) is 4.89 Å². The maximum absolute atomic E-state index is 5.34. The predicted octanol–water partition coefficient (Wildman–Crippen LogP) is 2.87. The average molecular weight is 242 g/mol. The number of allylic oxidation sites excluding steroid dienone is 2. The van der Waals surface area contributed by atoms with E-state index in [0.717, 1.165) is 16.7 Å². The summed E-state index contributed by atoms with van der Waals surface area (Å²) in [4.78, 5) is 10.6. The highest BCUT2D eigenvalue weighted by molar-refractivity contribution is 5.75. The van der Waals surface area contributed by atoms with Gasteiger partial charge in [0.05, 0.1) is 0 Å². The number of ether oxygens (including phenoxy) is 1. The maximum atomic E-state index is 5.34. The average Bonchev–Trinajstić information content (AvgIpc) is 2.47. The summed E-state index contributed by atoms with van der Waals surface area (Å²) in [6.07, 6.45) is 7.31. The minimum atomic E-state index is -0.491. The molecule has 2 unspecified atom stereocenters. The van der Waals surface area contributed by atoms with Crippen molar-refractivity contribution in [3.63, 3.8) is 0 Å². The van der Waals surface area contributed by atoms with Gasteiger partial charge in [0, 0.05) is 12.7 Å². The van der Waals surface area contributed by atoms with Crippen LogP contribution in [0.2, 0.25) is 0 Å². The molecule has 3 heteroatoms. The summed E-state index contributed by atoms with van der Waals surface area (Å²) in [7, 11) is 1.61. The summed E-state index contributed by atoms with van der Waals surface area (Å²) in [5.41, 5.74) is 3.20. The third kappa shape index (κ3) is 1.93. The lowest BCUT2D eigenvalue weighted by molar-refractivity contribution is -0.372. The Hall–Kier alpha value is -1.68. The van der Waals surface area contributed by atoms with E-state index in [1.165, 1.54) is 0 Å². The lowest BCUT2D eigenvalue weighted by Gasteiger charge is -2.31. The summed E-state index contributed by atoms with van der Waals surface area (Å²) in [6, 6.07) is 10.1. The molecular formula is C15H14O3. The van der Waals surface area contributed by atoms with Crippen LogP contribution in [0.1, 0.15) is 5.56 Å². The topological polar surface area (TPSA) is 27.7 Å². The lowest BCUT2D eigenvalue weighted by Crippen LogP contribution is -2.30. The van der Waals surface area contributed by atoms with Gasteiger partial charge in [0.15, 0.2) is 0 Å². The summed E-state index contributed by atoms with van der Waals surface area (Å²) in [6.45, 7) is 0. The van der Waals surface area contributed by atoms with E-state index in [2.05, 4.69) is 0 Å². The molecule has 2 atom stereocenters. The molecule has 1 aliphatic carbocycles. The number of hydrogen-bond acceptors (Lipinski definition) is 3. The van der Waals surface area contributed by atoms with Crippen molar-refractivity contribution in [3.05, 3.63) is 65.8 Å². The molecule has 3 rings (SSSR count). The smallest absolute Gasteiger partial charge is 0.218 e. The van der Waals surface area contributed by atoms with Gasteiger partial charge >= 0.3 is 0 Å². The molecule has 0 bridgehead atoms. The standard InChI is InChI=1S/C15H14O3/c1-16-15-14(11-7-3-2-4-8-11)12-9-5-6-10-13(12)17-18-15/h2-10,13,15H,1H3. The first-order valence-electron chi connectivity index (χ1n) is 5.89. The van der Waals surface area contributed by atoms with E-state index < -0.39 is 6.29 Å². The molecule has 18 heavy (non-hydrogen) atoms. The van der Waals surface area contributed by atoms with Crippen molar-refractivity contribution in [2.75, 3.05) is 7.11 Å². The molecule has 0 fully saturated rings. The van der Waals surface area contributed by atoms with E-state index in [9.17, 15) is 0 Å². The van der Waals surface area contributed by atoms with Crippen LogP contribution in [0.15, 0.2) is 60.2 Å². The molecule has 0 spiro atoms. The van der Waals surface area contributed by atoms with Gasteiger partial charge in [0.2, 0.25) is 6.29 Å². The number of fused-ring (bicyclic) bond motifs is 1. The zero-order valence-corrected chi connectivity index (χ0v) is 10.1. The van der Waals surface area contributed by atoms with Crippen LogP contribution in [-0.4, -0.2) is 19.5 Å². The van der Waals surface area contributed by atoms with Gasteiger partial charge in [-0.1, -0.05) is 48.6 Å². The monoisotopic (exact) mass is 242 g/mol. The highest BCUT2D eigenvalue weighted by Gasteiger charge is 2.31. The fourth-order valence-electron chi connectivity index (χ4n) is 2.22. The molecular weight excluding hydrogens is 228 g/mol. The lowest BCUT2D eigenvalue weighted by atomic mass is 9.92. The minimum absolute atomic E-state index is 0.156. The van der Waals surface area contributed by atoms with Gasteiger partial charge < -0.3 is 4.74 Å². The van der Waals surface area contributed by atoms with Crippen molar-refractivity contribution >= 4 is 5.57 Å². The molecule has 3 nitrogen and oxygen atoms in total. The molecule has 1 aromatic rings. The molecule has 1 heterocycles. The summed E-state index contributed by atoms with van der Waals surface area (Å²) < 4.78 is 5.34. The number of methoxy groups -OCH3 is 1. The second-order valence-electron chi connectivity index (χ2n) is 4.16. The molecule has 0 radical (unpaired) electrons. The second-order valence-corrected chi connectivity index (χ2v) is 4.16. The zero-order valence-electron chi connectivity index (χ0n) is 10.1. The van der Waals surface area contributed by atoms with Crippen LogP contribution in [0.4, 0.5) is 0 Å². The molecule has 0 saturated carbocycles. The Morgan fingerprint density at radius 2 is 1.89 bits per heavy atom. The third-order valence-corrected chi connectivity index (χ3v) is 3.07. The van der Waals surface area contributed by atoms with Crippen LogP contribution in [0.5, 0.6) is 0 Å². The second kappa shape index (κ2) is 4.90. The van der Waals surface area contributed by atoms with Crippen LogP contribution in [0.25, 0.3) is 5.57 Å². The van der Waals surface area contributed by atoms with Crippen molar-refractivity contribution in [2.45, 2.75) is 12.4 Å². The van der Waals surface area contributed by atoms with Gasteiger partial charge in [0.1, 0.15) is 6.10 Å². The minimum Gasteiger partial charge on any atom is -0.349 e. The van der Waals surface area contributed by atoms with Crippen molar-refractivity contribution < 1.29 is 14.5 Å². The van der Waals surface area contributed by atoms with Gasteiger partial charge in [0.25, 0.3) is 0 Å². The van der Waals surface area contributed by atoms with Gasteiger partial charge in [-0.15, -0.1) is 0 Å². The first-order valence-corrected chi connectivity index (χ1v) is 5.89. The number of hydrogen-bond donors (Lipinski definition) is 0. The molecule has 1 aromatic carbocycles. The fourth-order valence-corrected chi connectivity index (χ4v) is 2.22. The van der Waals surface area contributed by atoms with E-state index in [-0.39, 0.29) is 6.10 Å². The fraction of sp³-hybridized carbons (Fsp3) is 0.200. The SMILES string of the molecule is COC1OOC2C=CC=CC2=C1c1ccccc1. The molecule has 92 valence electrons. The largest absolute Gasteiger partial charge is 0.349 e. The van der Waals surface area contributed by atoms with E-state index in [1.54, 1.807) is 7.11 Å². The van der Waals surface area contributed by atoms with Crippen LogP contribution in [0.3, 0.4) is 0 Å². The predicted molar refractivity (Wildman–Crippen MR) is 68.4 cm³/mol. The summed E-state index contributed by atoms with van der Waals surface area (Å²) in [5.74, 6) is 0. The Morgan fingerprint density at radius 3 is 2.67 bits per heavy atom. The highest BCUT2D eigenvalue weighted by Crippen LogP contribution is 2.34. The normalized spacial score (nSPS) is 26.3. The van der Waals surface area contributed by atoms with E-state index in [1.807, 2.05) is 54.6 Å². The Morgan fingerprint density at radius 1 is 1.06 bits per heavy atom. The molecule has 0 N–H and O–H groups in total. The first kappa shape index (κ1) is 11.4. The third-order valence-electron chi connectivity index (χ3n) is 3.07. The van der Waals surface area contributed by atoms with E-state index in [4.69, 9.17) is 14.5 Å². The molecule has 0 aromatic heterocycles. The number of rotatable bonds is 2. The molecule has 1 aliphatic heterocycles. The van der Waals surface area contributed by atoms with Crippen molar-refractivity contribution in [1.82, 2.24) is 0 Å². The van der Waals surface area contributed by atoms with Gasteiger partial charge in [-0.25, -0.2) is 4.89 Å². The first-order chi connectivity index (χ1) is 8.90. The van der Waals surface area contributed by atoms with Crippen molar-refractivity contribution in [2.24, 2.45) is 0 Å². The quantitative estimate of drug-likeness (QED) is 0.746. The van der Waals surface area contributed by atoms with E-state index >= 15 is 0 Å². The molecule has 2 aliphatic rings. The van der Waals surface area contributed by atoms with Crippen LogP contribution >= 0.6 is 0 Å². The summed E-state index contributed by atoms with van der Waals surface area (Å²) >= 11 is 0.